The number of hydrogen-bond donors (Lipinski definition) is 3. The molecule has 19 heteroatoms. The van der Waals surface area contributed by atoms with Crippen LogP contribution in [-0.4, -0.2) is 96.7 Å². The molecule has 0 aliphatic rings. The van der Waals surface area contributed by atoms with E-state index in [1.165, 1.54) is 199 Å². The van der Waals surface area contributed by atoms with E-state index < -0.39 is 97.5 Å². The van der Waals surface area contributed by atoms with E-state index in [-0.39, 0.29) is 25.7 Å². The molecule has 0 spiro atoms. The molecular weight excluding hydrogens is 1280 g/mol. The van der Waals surface area contributed by atoms with Gasteiger partial charge in [-0.1, -0.05) is 351 Å². The van der Waals surface area contributed by atoms with Crippen LogP contribution in [-0.2, 0) is 65.4 Å². The Kier molecular flexibility index (Phi) is 66.8. The van der Waals surface area contributed by atoms with Crippen molar-refractivity contribution in [1.82, 2.24) is 0 Å². The first kappa shape index (κ1) is 96.1. The number of phosphoric ester groups is 2. The molecular formula is C79H154O17P2. The zero-order valence-corrected chi connectivity index (χ0v) is 66.2. The molecule has 0 bridgehead atoms. The molecule has 0 aromatic heterocycles. The first-order valence-electron chi connectivity index (χ1n) is 40.7. The van der Waals surface area contributed by atoms with Crippen LogP contribution in [0, 0.1) is 23.7 Å². The zero-order chi connectivity index (χ0) is 72.4. The third kappa shape index (κ3) is 71.1. The van der Waals surface area contributed by atoms with Crippen molar-refractivity contribution in [2.45, 2.75) is 420 Å². The number of unbranched alkanes of at least 4 members (excludes halogenated alkanes) is 41. The molecule has 0 saturated carbocycles. The van der Waals surface area contributed by atoms with Gasteiger partial charge in [0.2, 0.25) is 0 Å². The SMILES string of the molecule is CCC(C)CCCCCCCCCCCCCCCCC(=O)OC[C@H](COP(=O)(O)OCC(O)COP(=O)(O)OC[C@@H](COC(=O)CCCCCCCCCC(C)C)OC(=O)CCCCCCCCCCCCC(C)C)OC(=O)CCCCCCCCCCCCCCCCC(C)C. The molecule has 4 unspecified atom stereocenters. The summed E-state index contributed by atoms with van der Waals surface area (Å²) in [6.07, 6.45) is 54.1. The van der Waals surface area contributed by atoms with E-state index in [4.69, 9.17) is 37.0 Å². The second-order valence-corrected chi connectivity index (χ2v) is 33.0. The smallest absolute Gasteiger partial charge is 0.462 e. The van der Waals surface area contributed by atoms with Crippen LogP contribution >= 0.6 is 15.6 Å². The highest BCUT2D eigenvalue weighted by Crippen LogP contribution is 2.45. The third-order valence-electron chi connectivity index (χ3n) is 18.7. The van der Waals surface area contributed by atoms with Crippen molar-refractivity contribution >= 4 is 39.5 Å². The van der Waals surface area contributed by atoms with Crippen LogP contribution in [0.25, 0.3) is 0 Å². The van der Waals surface area contributed by atoms with Gasteiger partial charge in [-0.2, -0.15) is 0 Å². The molecule has 3 N–H and O–H groups in total. The third-order valence-corrected chi connectivity index (χ3v) is 20.6. The van der Waals surface area contributed by atoms with E-state index in [0.29, 0.717) is 31.6 Å². The van der Waals surface area contributed by atoms with E-state index in [9.17, 15) is 43.2 Å². The molecule has 0 saturated heterocycles. The van der Waals surface area contributed by atoms with Crippen molar-refractivity contribution in [1.29, 1.82) is 0 Å². The molecule has 17 nitrogen and oxygen atoms in total. The fourth-order valence-electron chi connectivity index (χ4n) is 12.0. The summed E-state index contributed by atoms with van der Waals surface area (Å²) in [5.74, 6) is 0.985. The summed E-state index contributed by atoms with van der Waals surface area (Å²) in [5.41, 5.74) is 0. The van der Waals surface area contributed by atoms with Crippen LogP contribution in [0.5, 0.6) is 0 Å². The number of hydrogen-bond acceptors (Lipinski definition) is 15. The summed E-state index contributed by atoms with van der Waals surface area (Å²) in [6, 6.07) is 0. The Morgan fingerprint density at radius 2 is 0.490 bits per heavy atom. The van der Waals surface area contributed by atoms with Gasteiger partial charge in [-0.25, -0.2) is 9.13 Å². The average Bonchev–Trinajstić information content (AvgIpc) is 1.07. The highest BCUT2D eigenvalue weighted by atomic mass is 31.2. The van der Waals surface area contributed by atoms with Crippen LogP contribution in [0.1, 0.15) is 402 Å². The monoisotopic (exact) mass is 1440 g/mol. The van der Waals surface area contributed by atoms with E-state index in [2.05, 4.69) is 55.4 Å². The van der Waals surface area contributed by atoms with Crippen LogP contribution < -0.4 is 0 Å². The number of aliphatic hydroxyl groups is 1. The normalized spacial score (nSPS) is 14.3. The van der Waals surface area contributed by atoms with Gasteiger partial charge in [-0.15, -0.1) is 0 Å². The Balaban J connectivity index is 5.25. The van der Waals surface area contributed by atoms with Crippen molar-refractivity contribution in [2.75, 3.05) is 39.6 Å². The minimum Gasteiger partial charge on any atom is -0.462 e. The lowest BCUT2D eigenvalue weighted by Crippen LogP contribution is -2.30. The van der Waals surface area contributed by atoms with Crippen LogP contribution in [0.15, 0.2) is 0 Å². The largest absolute Gasteiger partial charge is 0.472 e. The second kappa shape index (κ2) is 68.2. The number of carbonyl (C=O) groups is 4. The topological polar surface area (TPSA) is 237 Å². The Hall–Kier alpha value is -1.94. The lowest BCUT2D eigenvalue weighted by molar-refractivity contribution is -0.161. The highest BCUT2D eigenvalue weighted by Gasteiger charge is 2.30. The second-order valence-electron chi connectivity index (χ2n) is 30.1. The first-order chi connectivity index (χ1) is 47.1. The fourth-order valence-corrected chi connectivity index (χ4v) is 13.6. The molecule has 0 aromatic rings. The molecule has 0 radical (unpaired) electrons. The lowest BCUT2D eigenvalue weighted by atomic mass is 9.99. The van der Waals surface area contributed by atoms with Gasteiger partial charge in [0.15, 0.2) is 12.2 Å². The van der Waals surface area contributed by atoms with Gasteiger partial charge >= 0.3 is 39.5 Å². The molecule has 0 fully saturated rings. The number of ether oxygens (including phenoxy) is 4. The molecule has 0 aromatic carbocycles. The molecule has 0 amide bonds. The highest BCUT2D eigenvalue weighted by molar-refractivity contribution is 7.47. The summed E-state index contributed by atoms with van der Waals surface area (Å²) in [4.78, 5) is 72.9. The van der Waals surface area contributed by atoms with Crippen LogP contribution in [0.4, 0.5) is 0 Å². The molecule has 6 atom stereocenters. The maximum absolute atomic E-state index is 13.1. The quantitative estimate of drug-likeness (QED) is 0.0222. The fraction of sp³-hybridized carbons (Fsp3) is 0.949. The van der Waals surface area contributed by atoms with Crippen molar-refractivity contribution in [3.05, 3.63) is 0 Å². The summed E-state index contributed by atoms with van der Waals surface area (Å²) in [6.45, 7) is 14.2. The van der Waals surface area contributed by atoms with Crippen LogP contribution in [0.2, 0.25) is 0 Å². The molecule has 0 rings (SSSR count). The van der Waals surface area contributed by atoms with Gasteiger partial charge in [0.25, 0.3) is 0 Å². The van der Waals surface area contributed by atoms with Crippen LogP contribution in [0.3, 0.4) is 0 Å². The van der Waals surface area contributed by atoms with Crippen molar-refractivity contribution < 1.29 is 80.2 Å². The van der Waals surface area contributed by atoms with Crippen molar-refractivity contribution in [2.24, 2.45) is 23.7 Å². The number of aliphatic hydroxyl groups excluding tert-OH is 1. The maximum atomic E-state index is 13.1. The van der Waals surface area contributed by atoms with E-state index in [1.54, 1.807) is 0 Å². The number of carbonyl (C=O) groups excluding carboxylic acids is 4. The minimum absolute atomic E-state index is 0.105. The van der Waals surface area contributed by atoms with E-state index >= 15 is 0 Å². The molecule has 0 aliphatic heterocycles. The molecule has 582 valence electrons. The summed E-state index contributed by atoms with van der Waals surface area (Å²) >= 11 is 0. The summed E-state index contributed by atoms with van der Waals surface area (Å²) in [5, 5.41) is 10.6. The summed E-state index contributed by atoms with van der Waals surface area (Å²) in [7, 11) is -9.92. The average molecular weight is 1440 g/mol. The van der Waals surface area contributed by atoms with Gasteiger partial charge in [0, 0.05) is 25.7 Å². The number of rotatable bonds is 76. The first-order valence-corrected chi connectivity index (χ1v) is 43.7. The van der Waals surface area contributed by atoms with Crippen molar-refractivity contribution in [3.8, 4) is 0 Å². The van der Waals surface area contributed by atoms with Gasteiger partial charge < -0.3 is 33.8 Å². The Bertz CT molecular complexity index is 1920. The minimum atomic E-state index is -4.96. The van der Waals surface area contributed by atoms with Crippen molar-refractivity contribution in [3.63, 3.8) is 0 Å². The summed E-state index contributed by atoms with van der Waals surface area (Å²) < 4.78 is 68.6. The zero-order valence-electron chi connectivity index (χ0n) is 64.4. The molecule has 98 heavy (non-hydrogen) atoms. The molecule has 0 aliphatic carbocycles. The predicted octanol–water partition coefficient (Wildman–Crippen LogP) is 23.2. The predicted molar refractivity (Wildman–Crippen MR) is 400 cm³/mol. The number of phosphoric acid groups is 2. The lowest BCUT2D eigenvalue weighted by Gasteiger charge is -2.21. The van der Waals surface area contributed by atoms with Gasteiger partial charge in [-0.3, -0.25) is 37.3 Å². The van der Waals surface area contributed by atoms with Gasteiger partial charge in [0.05, 0.1) is 26.4 Å². The number of esters is 4. The Labute approximate surface area is 600 Å². The standard InChI is InChI=1S/C79H154O17P2/c1-9-72(8)58-50-42-34-26-19-15-11-13-16-20-27-35-43-51-59-76(81)89-65-74(95-78(83)61-53-45-36-28-21-17-12-10-14-18-24-31-39-47-55-69(2)3)67-93-97(85,86)91-63-73(80)64-92-98(87,88)94-68-75(66-90-77(82)60-52-44-38-30-33-41-49-57-71(6)7)96-79(84)62-54-46-37-29-23-22-25-32-40-48-56-70(4)5/h69-75,80H,9-68H2,1-8H3,(H,85,86)(H,87,88)/t72?,73?,74-,75-/m1/s1. The van der Waals surface area contributed by atoms with Gasteiger partial charge in [0.1, 0.15) is 19.3 Å². The maximum Gasteiger partial charge on any atom is 0.472 e. The van der Waals surface area contributed by atoms with E-state index in [1.807, 2.05) is 0 Å². The van der Waals surface area contributed by atoms with E-state index in [0.717, 1.165) is 114 Å². The van der Waals surface area contributed by atoms with Gasteiger partial charge in [-0.05, 0) is 49.4 Å². The Morgan fingerprint density at radius 3 is 0.724 bits per heavy atom. The Morgan fingerprint density at radius 1 is 0.286 bits per heavy atom. The molecule has 0 heterocycles.